The molecule has 8 heteroatoms. The van der Waals surface area contributed by atoms with Crippen LogP contribution in [0.4, 0.5) is 0 Å². The van der Waals surface area contributed by atoms with Gasteiger partial charge in [-0.3, -0.25) is 0 Å². The Hall–Kier alpha value is -2.26. The summed E-state index contributed by atoms with van der Waals surface area (Å²) in [6, 6.07) is 7.53. The molecule has 0 N–H and O–H groups in total. The number of ether oxygens (including phenoxy) is 1. The SMILES string of the molecule is CO[Si](CCCc1ccoc1-c1cccc2c1C(=O)OC2=O)(OC)OC. The largest absolute Gasteiger partial charge is 0.500 e. The van der Waals surface area contributed by atoms with Gasteiger partial charge in [0.2, 0.25) is 0 Å². The monoisotopic (exact) mass is 376 g/mol. The number of benzene rings is 1. The van der Waals surface area contributed by atoms with Gasteiger partial charge in [-0.25, -0.2) is 9.59 Å². The van der Waals surface area contributed by atoms with Crippen LogP contribution in [-0.2, 0) is 24.4 Å². The van der Waals surface area contributed by atoms with Crippen molar-refractivity contribution in [2.24, 2.45) is 0 Å². The van der Waals surface area contributed by atoms with Crippen LogP contribution in [0.5, 0.6) is 0 Å². The van der Waals surface area contributed by atoms with E-state index in [2.05, 4.69) is 0 Å². The van der Waals surface area contributed by atoms with Gasteiger partial charge >= 0.3 is 20.7 Å². The third-order valence-electron chi connectivity index (χ3n) is 4.53. The lowest BCUT2D eigenvalue weighted by Gasteiger charge is -2.24. The zero-order valence-corrected chi connectivity index (χ0v) is 15.9. The zero-order chi connectivity index (χ0) is 18.7. The molecule has 0 unspecified atom stereocenters. The standard InChI is InChI=1S/C18H20O7Si/c1-21-26(22-2,23-3)11-5-6-12-9-10-24-16(12)13-7-4-8-14-15(13)18(20)25-17(14)19/h4,7-10H,5-6,11H2,1-3H3. The van der Waals surface area contributed by atoms with E-state index in [9.17, 15) is 9.59 Å². The molecule has 7 nitrogen and oxygen atoms in total. The van der Waals surface area contributed by atoms with Crippen molar-refractivity contribution in [3.63, 3.8) is 0 Å². The van der Waals surface area contributed by atoms with Gasteiger partial charge in [0.15, 0.2) is 0 Å². The molecule has 1 aliphatic heterocycles. The predicted molar refractivity (Wildman–Crippen MR) is 93.8 cm³/mol. The highest BCUT2D eigenvalue weighted by molar-refractivity contribution is 6.60. The minimum absolute atomic E-state index is 0.253. The molecular weight excluding hydrogens is 356 g/mol. The molecule has 0 bridgehead atoms. The number of esters is 2. The van der Waals surface area contributed by atoms with Crippen LogP contribution in [0.2, 0.25) is 6.04 Å². The molecule has 26 heavy (non-hydrogen) atoms. The maximum absolute atomic E-state index is 12.0. The van der Waals surface area contributed by atoms with Crippen LogP contribution >= 0.6 is 0 Å². The van der Waals surface area contributed by atoms with Crippen LogP contribution in [0, 0.1) is 0 Å². The Bertz CT molecular complexity index is 814. The molecule has 0 fully saturated rings. The van der Waals surface area contributed by atoms with E-state index < -0.39 is 20.7 Å². The summed E-state index contributed by atoms with van der Waals surface area (Å²) in [6.45, 7) is 0. The van der Waals surface area contributed by atoms with Crippen molar-refractivity contribution in [1.82, 2.24) is 0 Å². The molecule has 0 saturated carbocycles. The van der Waals surface area contributed by atoms with Crippen LogP contribution in [-0.4, -0.2) is 42.1 Å². The first-order chi connectivity index (χ1) is 12.5. The number of cyclic esters (lactones) is 2. The van der Waals surface area contributed by atoms with E-state index in [1.807, 2.05) is 6.07 Å². The molecule has 0 radical (unpaired) electrons. The fourth-order valence-corrected chi connectivity index (χ4v) is 4.86. The van der Waals surface area contributed by atoms with Crippen molar-refractivity contribution in [3.05, 3.63) is 47.2 Å². The summed E-state index contributed by atoms with van der Waals surface area (Å²) in [5.41, 5.74) is 2.01. The van der Waals surface area contributed by atoms with E-state index in [1.165, 1.54) is 0 Å². The van der Waals surface area contributed by atoms with Gasteiger partial charge in [0.05, 0.1) is 17.4 Å². The summed E-state index contributed by atoms with van der Waals surface area (Å²) in [7, 11) is 2.11. The van der Waals surface area contributed by atoms with E-state index in [4.69, 9.17) is 22.4 Å². The fraction of sp³-hybridized carbons (Fsp3) is 0.333. The average molecular weight is 376 g/mol. The van der Waals surface area contributed by atoms with Crippen molar-refractivity contribution in [1.29, 1.82) is 0 Å². The van der Waals surface area contributed by atoms with Gasteiger partial charge in [-0.15, -0.1) is 0 Å². The molecule has 1 aliphatic rings. The summed E-state index contributed by atoms with van der Waals surface area (Å²) >= 11 is 0. The van der Waals surface area contributed by atoms with Crippen molar-refractivity contribution < 1.29 is 32.0 Å². The minimum Gasteiger partial charge on any atom is -0.464 e. The lowest BCUT2D eigenvalue weighted by molar-refractivity contribution is 0.0444. The second-order valence-electron chi connectivity index (χ2n) is 5.83. The Balaban J connectivity index is 1.83. The number of carbonyl (C=O) groups is 2. The zero-order valence-electron chi connectivity index (χ0n) is 14.9. The lowest BCUT2D eigenvalue weighted by Crippen LogP contribution is -2.42. The topological polar surface area (TPSA) is 84.2 Å². The summed E-state index contributed by atoms with van der Waals surface area (Å²) in [6.07, 6.45) is 3.01. The molecule has 2 aromatic rings. The minimum atomic E-state index is -2.63. The van der Waals surface area contributed by atoms with Crippen molar-refractivity contribution in [3.8, 4) is 11.3 Å². The molecule has 0 atom stereocenters. The number of furan rings is 1. The molecule has 0 spiro atoms. The molecule has 0 aliphatic carbocycles. The Morgan fingerprint density at radius 3 is 2.35 bits per heavy atom. The van der Waals surface area contributed by atoms with Crippen molar-refractivity contribution >= 4 is 20.7 Å². The number of hydrogen-bond donors (Lipinski definition) is 0. The molecule has 3 rings (SSSR count). The van der Waals surface area contributed by atoms with Gasteiger partial charge in [-0.1, -0.05) is 12.1 Å². The maximum atomic E-state index is 12.0. The van der Waals surface area contributed by atoms with Gasteiger partial charge < -0.3 is 22.4 Å². The number of hydrogen-bond acceptors (Lipinski definition) is 7. The van der Waals surface area contributed by atoms with E-state index in [1.54, 1.807) is 45.8 Å². The van der Waals surface area contributed by atoms with E-state index >= 15 is 0 Å². The first-order valence-electron chi connectivity index (χ1n) is 8.17. The van der Waals surface area contributed by atoms with Gasteiger partial charge in [-0.05, 0) is 30.5 Å². The van der Waals surface area contributed by atoms with Gasteiger partial charge in [-0.2, -0.15) is 0 Å². The number of fused-ring (bicyclic) bond motifs is 1. The van der Waals surface area contributed by atoms with Gasteiger partial charge in [0.25, 0.3) is 0 Å². The van der Waals surface area contributed by atoms with Gasteiger partial charge in [0.1, 0.15) is 5.76 Å². The maximum Gasteiger partial charge on any atom is 0.500 e. The van der Waals surface area contributed by atoms with Gasteiger partial charge in [0, 0.05) is 32.9 Å². The van der Waals surface area contributed by atoms with Crippen LogP contribution in [0.15, 0.2) is 34.9 Å². The summed E-state index contributed by atoms with van der Waals surface area (Å²) in [5.74, 6) is -0.712. The first kappa shape index (κ1) is 18.5. The molecule has 0 saturated heterocycles. The van der Waals surface area contributed by atoms with Crippen LogP contribution in [0.1, 0.15) is 32.7 Å². The molecule has 0 amide bonds. The summed E-state index contributed by atoms with van der Waals surface area (Å²) in [5, 5.41) is 0. The first-order valence-corrected chi connectivity index (χ1v) is 10.1. The summed E-state index contributed by atoms with van der Waals surface area (Å²) < 4.78 is 26.6. The third kappa shape index (κ3) is 3.24. The third-order valence-corrected chi connectivity index (χ3v) is 7.36. The smallest absolute Gasteiger partial charge is 0.464 e. The Morgan fingerprint density at radius 1 is 0.962 bits per heavy atom. The number of rotatable bonds is 8. The van der Waals surface area contributed by atoms with E-state index in [-0.39, 0.29) is 11.1 Å². The van der Waals surface area contributed by atoms with E-state index in [0.29, 0.717) is 23.8 Å². The summed E-state index contributed by atoms with van der Waals surface area (Å²) in [4.78, 5) is 23.8. The predicted octanol–water partition coefficient (Wildman–Crippen LogP) is 3.07. The second kappa shape index (κ2) is 7.54. The average Bonchev–Trinajstić information content (AvgIpc) is 3.24. The number of aryl methyl sites for hydroxylation is 1. The molecule has 1 aromatic heterocycles. The Morgan fingerprint density at radius 2 is 1.65 bits per heavy atom. The molecular formula is C18H20O7Si. The Labute approximate surface area is 152 Å². The highest BCUT2D eigenvalue weighted by Gasteiger charge is 2.37. The molecule has 138 valence electrons. The van der Waals surface area contributed by atoms with E-state index in [0.717, 1.165) is 12.0 Å². The number of carbonyl (C=O) groups excluding carboxylic acids is 2. The fourth-order valence-electron chi connectivity index (χ4n) is 3.14. The lowest BCUT2D eigenvalue weighted by atomic mass is 9.97. The second-order valence-corrected chi connectivity index (χ2v) is 8.92. The van der Waals surface area contributed by atoms with Crippen LogP contribution in [0.25, 0.3) is 11.3 Å². The highest BCUT2D eigenvalue weighted by Crippen LogP contribution is 2.34. The normalized spacial score (nSPS) is 13.8. The van der Waals surface area contributed by atoms with Crippen LogP contribution in [0.3, 0.4) is 0 Å². The van der Waals surface area contributed by atoms with Crippen molar-refractivity contribution in [2.45, 2.75) is 18.9 Å². The highest BCUT2D eigenvalue weighted by atomic mass is 28.4. The van der Waals surface area contributed by atoms with Crippen molar-refractivity contribution in [2.75, 3.05) is 21.3 Å². The molecule has 2 heterocycles. The van der Waals surface area contributed by atoms with Crippen LogP contribution < -0.4 is 0 Å². The Kier molecular flexibility index (Phi) is 5.38. The quantitative estimate of drug-likeness (QED) is 0.398. The molecule has 1 aromatic carbocycles.